The summed E-state index contributed by atoms with van der Waals surface area (Å²) in [6.07, 6.45) is 0. The highest BCUT2D eigenvalue weighted by Gasteiger charge is 2.16. The van der Waals surface area contributed by atoms with Crippen LogP contribution in [0.25, 0.3) is 65.3 Å². The van der Waals surface area contributed by atoms with Crippen molar-refractivity contribution in [2.45, 2.75) is 0 Å². The van der Waals surface area contributed by atoms with E-state index in [1.165, 1.54) is 65.3 Å². The molecule has 0 aliphatic carbocycles. The standard InChI is InChI=1S/C42H26/c1-3-15-29(16-4-1)41-37-23-11-7-19-31(37)35(32-20-8-12-24-38(32)41)27-28-36-33-21-9-13-25-39(33)42(30-17-5-2-6-18-30)40-26-14-10-22-34(36)40/h1-26H. The van der Waals surface area contributed by atoms with Gasteiger partial charge >= 0.3 is 0 Å². The first-order valence-corrected chi connectivity index (χ1v) is 14.4. The van der Waals surface area contributed by atoms with Crippen molar-refractivity contribution in [2.24, 2.45) is 0 Å². The van der Waals surface area contributed by atoms with Gasteiger partial charge in [-0.2, -0.15) is 0 Å². The summed E-state index contributed by atoms with van der Waals surface area (Å²) < 4.78 is 0. The van der Waals surface area contributed by atoms with E-state index >= 15 is 0 Å². The van der Waals surface area contributed by atoms with E-state index in [9.17, 15) is 0 Å². The summed E-state index contributed by atoms with van der Waals surface area (Å²) in [4.78, 5) is 0. The fourth-order valence-corrected chi connectivity index (χ4v) is 6.48. The minimum atomic E-state index is 1.07. The van der Waals surface area contributed by atoms with Crippen molar-refractivity contribution >= 4 is 43.1 Å². The molecule has 8 aromatic rings. The fraction of sp³-hybridized carbons (Fsp3) is 0. The third-order valence-electron chi connectivity index (χ3n) is 8.30. The molecule has 0 radical (unpaired) electrons. The molecule has 0 atom stereocenters. The molecule has 0 heterocycles. The molecule has 42 heavy (non-hydrogen) atoms. The molecule has 0 heteroatoms. The molecule has 0 fully saturated rings. The Morgan fingerprint density at radius 1 is 0.238 bits per heavy atom. The minimum absolute atomic E-state index is 1.07. The first kappa shape index (κ1) is 24.2. The lowest BCUT2D eigenvalue weighted by molar-refractivity contribution is 1.66. The van der Waals surface area contributed by atoms with Crippen LogP contribution in [-0.2, 0) is 0 Å². The van der Waals surface area contributed by atoms with Gasteiger partial charge in [-0.25, -0.2) is 0 Å². The van der Waals surface area contributed by atoms with Crippen LogP contribution in [0.4, 0.5) is 0 Å². The summed E-state index contributed by atoms with van der Waals surface area (Å²) in [7, 11) is 0. The summed E-state index contributed by atoms with van der Waals surface area (Å²) >= 11 is 0. The summed E-state index contributed by atoms with van der Waals surface area (Å²) in [6.45, 7) is 0. The van der Waals surface area contributed by atoms with Crippen molar-refractivity contribution in [3.63, 3.8) is 0 Å². The van der Waals surface area contributed by atoms with Crippen LogP contribution in [0.1, 0.15) is 11.1 Å². The topological polar surface area (TPSA) is 0 Å². The number of hydrogen-bond acceptors (Lipinski definition) is 0. The van der Waals surface area contributed by atoms with Crippen molar-refractivity contribution in [1.82, 2.24) is 0 Å². The maximum absolute atomic E-state index is 3.72. The van der Waals surface area contributed by atoms with Gasteiger partial charge in [-0.1, -0.05) is 170 Å². The molecule has 0 aliphatic heterocycles. The van der Waals surface area contributed by atoms with Gasteiger partial charge in [0.2, 0.25) is 0 Å². The lowest BCUT2D eigenvalue weighted by Gasteiger charge is -2.15. The van der Waals surface area contributed by atoms with E-state index in [-0.39, 0.29) is 0 Å². The molecule has 0 amide bonds. The van der Waals surface area contributed by atoms with Gasteiger partial charge in [0.05, 0.1) is 0 Å². The predicted octanol–water partition coefficient (Wildman–Crippen LogP) is 11.0. The SMILES string of the molecule is C(#Cc1c2ccccc2c(-c2ccccc2)c2ccccc12)c1c2ccccc2c(-c2ccccc2)c2ccccc12. The van der Waals surface area contributed by atoms with E-state index in [0.717, 1.165) is 11.1 Å². The van der Waals surface area contributed by atoms with Crippen LogP contribution in [0.5, 0.6) is 0 Å². The fourth-order valence-electron chi connectivity index (χ4n) is 6.48. The second-order valence-corrected chi connectivity index (χ2v) is 10.7. The highest BCUT2D eigenvalue weighted by molar-refractivity contribution is 6.18. The van der Waals surface area contributed by atoms with Gasteiger partial charge in [0.1, 0.15) is 0 Å². The molecule has 0 spiro atoms. The molecule has 0 saturated carbocycles. The Hall–Kier alpha value is -5.64. The van der Waals surface area contributed by atoms with Crippen molar-refractivity contribution < 1.29 is 0 Å². The van der Waals surface area contributed by atoms with Crippen molar-refractivity contribution in [2.75, 3.05) is 0 Å². The zero-order chi connectivity index (χ0) is 27.9. The molecule has 0 saturated heterocycles. The monoisotopic (exact) mass is 530 g/mol. The quantitative estimate of drug-likeness (QED) is 0.154. The van der Waals surface area contributed by atoms with E-state index < -0.39 is 0 Å². The van der Waals surface area contributed by atoms with Crippen LogP contribution in [0.3, 0.4) is 0 Å². The Balaban J connectivity index is 1.46. The van der Waals surface area contributed by atoms with Crippen molar-refractivity contribution in [3.8, 4) is 34.1 Å². The van der Waals surface area contributed by atoms with Crippen LogP contribution < -0.4 is 0 Å². The lowest BCUT2D eigenvalue weighted by Crippen LogP contribution is -1.92. The van der Waals surface area contributed by atoms with Crippen LogP contribution in [0.15, 0.2) is 158 Å². The molecule has 194 valence electrons. The number of hydrogen-bond donors (Lipinski definition) is 0. The van der Waals surface area contributed by atoms with E-state index in [2.05, 4.69) is 170 Å². The maximum Gasteiger partial charge on any atom is 0.0406 e. The second-order valence-electron chi connectivity index (χ2n) is 10.7. The van der Waals surface area contributed by atoms with Crippen LogP contribution in [0, 0.1) is 11.8 Å². The van der Waals surface area contributed by atoms with Gasteiger partial charge in [-0.3, -0.25) is 0 Å². The van der Waals surface area contributed by atoms with Crippen molar-refractivity contribution in [3.05, 3.63) is 169 Å². The van der Waals surface area contributed by atoms with Crippen molar-refractivity contribution in [1.29, 1.82) is 0 Å². The number of benzene rings is 8. The molecular formula is C42H26. The zero-order valence-corrected chi connectivity index (χ0v) is 23.0. The molecule has 0 unspecified atom stereocenters. The third-order valence-corrected chi connectivity index (χ3v) is 8.30. The highest BCUT2D eigenvalue weighted by Crippen LogP contribution is 2.41. The summed E-state index contributed by atoms with van der Waals surface area (Å²) in [5.74, 6) is 7.44. The van der Waals surface area contributed by atoms with E-state index in [0.29, 0.717) is 0 Å². The normalized spacial score (nSPS) is 11.1. The third kappa shape index (κ3) is 3.87. The molecule has 8 aromatic carbocycles. The Morgan fingerprint density at radius 2 is 0.476 bits per heavy atom. The summed E-state index contributed by atoms with van der Waals surface area (Å²) in [6, 6.07) is 56.2. The van der Waals surface area contributed by atoms with Gasteiger partial charge in [0, 0.05) is 11.1 Å². The highest BCUT2D eigenvalue weighted by atomic mass is 14.2. The first-order valence-electron chi connectivity index (χ1n) is 14.4. The first-order chi connectivity index (χ1) is 20.9. The summed E-state index contributed by atoms with van der Waals surface area (Å²) in [5, 5.41) is 9.60. The Labute approximate surface area is 245 Å². The van der Waals surface area contributed by atoms with E-state index in [1.54, 1.807) is 0 Å². The zero-order valence-electron chi connectivity index (χ0n) is 23.0. The van der Waals surface area contributed by atoms with Crippen LogP contribution >= 0.6 is 0 Å². The molecule has 0 bridgehead atoms. The predicted molar refractivity (Wildman–Crippen MR) is 180 cm³/mol. The smallest absolute Gasteiger partial charge is 0.0406 e. The van der Waals surface area contributed by atoms with Gasteiger partial charge in [-0.15, -0.1) is 0 Å². The summed E-state index contributed by atoms with van der Waals surface area (Å²) in [5.41, 5.74) is 7.10. The molecule has 0 N–H and O–H groups in total. The number of fused-ring (bicyclic) bond motifs is 4. The second kappa shape index (κ2) is 10.1. The molecule has 0 aromatic heterocycles. The Bertz CT molecular complexity index is 2050. The molecule has 8 rings (SSSR count). The minimum Gasteiger partial charge on any atom is -0.0622 e. The van der Waals surface area contributed by atoms with Gasteiger partial charge in [-0.05, 0) is 65.3 Å². The molecular weight excluding hydrogens is 504 g/mol. The van der Waals surface area contributed by atoms with Gasteiger partial charge in [0.25, 0.3) is 0 Å². The Morgan fingerprint density at radius 3 is 0.762 bits per heavy atom. The molecule has 0 nitrogen and oxygen atoms in total. The van der Waals surface area contributed by atoms with Crippen LogP contribution in [0.2, 0.25) is 0 Å². The Kier molecular flexibility index (Phi) is 5.80. The van der Waals surface area contributed by atoms with Crippen LogP contribution in [-0.4, -0.2) is 0 Å². The average molecular weight is 531 g/mol. The van der Waals surface area contributed by atoms with Gasteiger partial charge in [0.15, 0.2) is 0 Å². The van der Waals surface area contributed by atoms with E-state index in [4.69, 9.17) is 0 Å². The average Bonchev–Trinajstić information content (AvgIpc) is 3.07. The molecule has 0 aliphatic rings. The lowest BCUT2D eigenvalue weighted by atomic mass is 9.87. The van der Waals surface area contributed by atoms with E-state index in [1.807, 2.05) is 0 Å². The number of rotatable bonds is 2. The van der Waals surface area contributed by atoms with Gasteiger partial charge < -0.3 is 0 Å². The largest absolute Gasteiger partial charge is 0.0622 e. The maximum atomic E-state index is 3.72.